The van der Waals surface area contributed by atoms with Crippen molar-refractivity contribution < 1.29 is 0 Å². The fraction of sp³-hybridized carbons (Fsp3) is 0.106. The van der Waals surface area contributed by atoms with Crippen LogP contribution in [0.5, 0.6) is 0 Å². The van der Waals surface area contributed by atoms with Crippen molar-refractivity contribution in [1.29, 1.82) is 0 Å². The highest BCUT2D eigenvalue weighted by Crippen LogP contribution is 2.44. The highest BCUT2D eigenvalue weighted by Gasteiger charge is 2.25. The molecule has 3 nitrogen and oxygen atoms in total. The molecule has 0 saturated carbocycles. The van der Waals surface area contributed by atoms with Crippen LogP contribution in [0.2, 0.25) is 0 Å². The highest BCUT2D eigenvalue weighted by atomic mass is 16.1. The Morgan fingerprint density at radius 2 is 1.28 bits per heavy atom. The van der Waals surface area contributed by atoms with Crippen LogP contribution in [0.25, 0.3) is 76.4 Å². The third kappa shape index (κ3) is 4.65. The van der Waals surface area contributed by atoms with Crippen LogP contribution in [-0.4, -0.2) is 9.97 Å². The van der Waals surface area contributed by atoms with E-state index in [9.17, 15) is 4.79 Å². The monoisotopic (exact) mass is 644 g/mol. The lowest BCUT2D eigenvalue weighted by atomic mass is 9.82. The lowest BCUT2D eigenvalue weighted by Crippen LogP contribution is -2.10. The number of H-pyrrole nitrogens is 1. The van der Waals surface area contributed by atoms with Crippen LogP contribution in [0.1, 0.15) is 42.1 Å². The van der Waals surface area contributed by atoms with Gasteiger partial charge in [-0.2, -0.15) is 0 Å². The van der Waals surface area contributed by atoms with E-state index in [1.165, 1.54) is 54.6 Å². The van der Waals surface area contributed by atoms with Gasteiger partial charge in [0.25, 0.3) is 5.56 Å². The SMILES string of the molecule is CCc1c(C(C)c2cc3[nH]c(=O)c4ccccc4c3cc2-c2c(C)ccc3ccccc23)nc(-c2ccccc2)c2ccc3ccccc3c12. The fourth-order valence-electron chi connectivity index (χ4n) is 8.21. The molecule has 1 unspecified atom stereocenters. The smallest absolute Gasteiger partial charge is 0.256 e. The summed E-state index contributed by atoms with van der Waals surface area (Å²) in [6, 6.07) is 49.3. The summed E-state index contributed by atoms with van der Waals surface area (Å²) < 4.78 is 0. The van der Waals surface area contributed by atoms with Crippen molar-refractivity contribution in [2.75, 3.05) is 0 Å². The maximum atomic E-state index is 13.4. The van der Waals surface area contributed by atoms with Gasteiger partial charge < -0.3 is 4.98 Å². The summed E-state index contributed by atoms with van der Waals surface area (Å²) in [6.45, 7) is 6.74. The average Bonchev–Trinajstić information content (AvgIpc) is 3.17. The zero-order valence-electron chi connectivity index (χ0n) is 28.4. The predicted octanol–water partition coefficient (Wildman–Crippen LogP) is 11.9. The Morgan fingerprint density at radius 1 is 0.640 bits per heavy atom. The molecule has 0 aliphatic carbocycles. The molecule has 240 valence electrons. The van der Waals surface area contributed by atoms with Gasteiger partial charge in [0.05, 0.1) is 11.4 Å². The van der Waals surface area contributed by atoms with Gasteiger partial charge in [-0.05, 0) is 91.7 Å². The normalized spacial score (nSPS) is 12.4. The topological polar surface area (TPSA) is 45.8 Å². The first kappa shape index (κ1) is 30.0. The van der Waals surface area contributed by atoms with E-state index in [-0.39, 0.29) is 11.5 Å². The van der Waals surface area contributed by atoms with Crippen molar-refractivity contribution in [2.45, 2.75) is 33.1 Å². The molecule has 0 amide bonds. The zero-order chi connectivity index (χ0) is 33.9. The largest absolute Gasteiger partial charge is 0.321 e. The summed E-state index contributed by atoms with van der Waals surface area (Å²) in [5.74, 6) is -0.0940. The molecule has 0 aliphatic rings. The molecule has 7 aromatic carbocycles. The Labute approximate surface area is 290 Å². The summed E-state index contributed by atoms with van der Waals surface area (Å²) in [6.07, 6.45) is 0.837. The molecule has 0 fully saturated rings. The number of pyridine rings is 2. The molecule has 0 radical (unpaired) electrons. The van der Waals surface area contributed by atoms with Crippen molar-refractivity contribution >= 4 is 54.0 Å². The Kier molecular flexibility index (Phi) is 7.10. The van der Waals surface area contributed by atoms with E-state index in [1.54, 1.807) is 0 Å². The van der Waals surface area contributed by atoms with Crippen molar-refractivity contribution in [3.8, 4) is 22.4 Å². The summed E-state index contributed by atoms with van der Waals surface area (Å²) in [5.41, 5.74) is 9.92. The second-order valence-electron chi connectivity index (χ2n) is 13.4. The van der Waals surface area contributed by atoms with Gasteiger partial charge >= 0.3 is 0 Å². The minimum absolute atomic E-state index is 0.0725. The van der Waals surface area contributed by atoms with E-state index in [4.69, 9.17) is 4.98 Å². The molecular formula is C47H36N2O. The highest BCUT2D eigenvalue weighted by molar-refractivity contribution is 6.13. The average molecular weight is 645 g/mol. The van der Waals surface area contributed by atoms with E-state index in [0.29, 0.717) is 5.39 Å². The van der Waals surface area contributed by atoms with E-state index in [1.807, 2.05) is 18.2 Å². The number of benzene rings is 7. The predicted molar refractivity (Wildman–Crippen MR) is 211 cm³/mol. The number of fused-ring (bicyclic) bond motifs is 7. The second-order valence-corrected chi connectivity index (χ2v) is 13.4. The first-order valence-electron chi connectivity index (χ1n) is 17.5. The summed E-state index contributed by atoms with van der Waals surface area (Å²) >= 11 is 0. The minimum Gasteiger partial charge on any atom is -0.321 e. The Morgan fingerprint density at radius 3 is 2.04 bits per heavy atom. The number of aryl methyl sites for hydroxylation is 2. The molecule has 9 aromatic rings. The van der Waals surface area contributed by atoms with Crippen LogP contribution in [0.4, 0.5) is 0 Å². The van der Waals surface area contributed by atoms with Gasteiger partial charge in [0.1, 0.15) is 0 Å². The van der Waals surface area contributed by atoms with Crippen molar-refractivity contribution in [1.82, 2.24) is 9.97 Å². The Balaban J connectivity index is 1.42. The molecule has 3 heteroatoms. The zero-order valence-corrected chi connectivity index (χ0v) is 28.4. The summed E-state index contributed by atoms with van der Waals surface area (Å²) in [7, 11) is 0. The number of nitrogens with zero attached hydrogens (tertiary/aromatic N) is 1. The molecule has 50 heavy (non-hydrogen) atoms. The van der Waals surface area contributed by atoms with Crippen LogP contribution >= 0.6 is 0 Å². The lowest BCUT2D eigenvalue weighted by molar-refractivity contribution is 0.854. The third-order valence-corrected chi connectivity index (χ3v) is 10.6. The molecule has 0 spiro atoms. The second kappa shape index (κ2) is 11.8. The van der Waals surface area contributed by atoms with E-state index < -0.39 is 0 Å². The molecule has 0 aliphatic heterocycles. The molecule has 9 rings (SSSR count). The number of aromatic nitrogens is 2. The van der Waals surface area contributed by atoms with Gasteiger partial charge in [-0.1, -0.05) is 135 Å². The Hall–Kier alpha value is -6.06. The minimum atomic E-state index is -0.0940. The first-order valence-corrected chi connectivity index (χ1v) is 17.5. The number of rotatable bonds is 5. The van der Waals surface area contributed by atoms with Crippen molar-refractivity contribution in [3.63, 3.8) is 0 Å². The standard InChI is InChI=1S/C47H36N2O/c1-4-33-44-35-19-11-9-15-31(35)24-25-38(44)46(32-16-6-5-7-17-32)49-45(33)29(3)39-27-42-40(36-20-12-13-21-37(36)47(50)48-42)26-41(39)43-28(2)22-23-30-14-8-10-18-34(30)43/h5-27,29H,4H2,1-3H3,(H,48,50). The first-order chi connectivity index (χ1) is 24.5. The van der Waals surface area contributed by atoms with Gasteiger partial charge in [-0.3, -0.25) is 9.78 Å². The number of hydrogen-bond donors (Lipinski definition) is 1. The van der Waals surface area contributed by atoms with E-state index >= 15 is 0 Å². The van der Waals surface area contributed by atoms with Gasteiger partial charge in [-0.25, -0.2) is 0 Å². The van der Waals surface area contributed by atoms with Crippen LogP contribution < -0.4 is 5.56 Å². The maximum Gasteiger partial charge on any atom is 0.256 e. The molecule has 2 aromatic heterocycles. The molecule has 0 saturated heterocycles. The molecule has 1 atom stereocenters. The van der Waals surface area contributed by atoms with E-state index in [0.717, 1.165) is 45.2 Å². The molecule has 2 heterocycles. The van der Waals surface area contributed by atoms with Gasteiger partial charge in [0, 0.05) is 33.2 Å². The number of nitrogens with one attached hydrogen (secondary N) is 1. The van der Waals surface area contributed by atoms with E-state index in [2.05, 4.69) is 147 Å². The Bertz CT molecular complexity index is 2850. The molecule has 1 N–H and O–H groups in total. The van der Waals surface area contributed by atoms with Gasteiger partial charge in [0.15, 0.2) is 0 Å². The van der Waals surface area contributed by atoms with Crippen LogP contribution in [-0.2, 0) is 6.42 Å². The quantitative estimate of drug-likeness (QED) is 0.190. The summed E-state index contributed by atoms with van der Waals surface area (Å²) in [4.78, 5) is 22.3. The van der Waals surface area contributed by atoms with Crippen LogP contribution in [0.15, 0.2) is 144 Å². The number of aromatic amines is 1. The van der Waals surface area contributed by atoms with Crippen LogP contribution in [0.3, 0.4) is 0 Å². The molecular weight excluding hydrogens is 609 g/mol. The lowest BCUT2D eigenvalue weighted by Gasteiger charge is -2.24. The molecule has 0 bridgehead atoms. The number of hydrogen-bond acceptors (Lipinski definition) is 2. The van der Waals surface area contributed by atoms with Gasteiger partial charge in [-0.15, -0.1) is 0 Å². The summed E-state index contributed by atoms with van der Waals surface area (Å²) in [5, 5.41) is 10.0. The van der Waals surface area contributed by atoms with Crippen molar-refractivity contribution in [3.05, 3.63) is 172 Å². The third-order valence-electron chi connectivity index (χ3n) is 10.6. The van der Waals surface area contributed by atoms with Crippen LogP contribution in [0, 0.1) is 6.92 Å². The van der Waals surface area contributed by atoms with Gasteiger partial charge in [0.2, 0.25) is 0 Å². The van der Waals surface area contributed by atoms with Crippen molar-refractivity contribution in [2.24, 2.45) is 0 Å². The fourth-order valence-corrected chi connectivity index (χ4v) is 8.21. The maximum absolute atomic E-state index is 13.4.